The Hall–Kier alpha value is -1.17. The summed E-state index contributed by atoms with van der Waals surface area (Å²) in [6.07, 6.45) is 0. The molecule has 1 rings (SSSR count). The highest BCUT2D eigenvalue weighted by Crippen LogP contribution is 2.13. The molecule has 0 bridgehead atoms. The van der Waals surface area contributed by atoms with Crippen molar-refractivity contribution in [1.29, 1.82) is 0 Å². The Morgan fingerprint density at radius 1 is 1.25 bits per heavy atom. The van der Waals surface area contributed by atoms with Gasteiger partial charge in [0.1, 0.15) is 0 Å². The Bertz CT molecular complexity index is 535. The van der Waals surface area contributed by atoms with Gasteiger partial charge in [-0.15, -0.1) is 0 Å². The molecule has 0 aliphatic heterocycles. The van der Waals surface area contributed by atoms with E-state index in [2.05, 4.69) is 11.9 Å². The third-order valence-corrected chi connectivity index (χ3v) is 4.82. The maximum Gasteiger partial charge on any atom is 0.218 e. The normalized spacial score (nSPS) is 11.8. The second-order valence-corrected chi connectivity index (χ2v) is 6.96. The van der Waals surface area contributed by atoms with Gasteiger partial charge in [-0.05, 0) is 25.1 Å². The van der Waals surface area contributed by atoms with Crippen molar-refractivity contribution in [2.24, 2.45) is 0 Å². The standard InChI is InChI=1S/C15H24N2O2S/c1-5-17(11-13(2)3)20(18,19)12-15-8-6-14(7-9-15)10-16-4/h6-9,16H,2,5,10-12H2,1,3-4H3. The molecule has 4 nitrogen and oxygen atoms in total. The molecule has 0 heterocycles. The topological polar surface area (TPSA) is 49.4 Å². The van der Waals surface area contributed by atoms with Crippen molar-refractivity contribution in [3.63, 3.8) is 0 Å². The summed E-state index contributed by atoms with van der Waals surface area (Å²) in [5.74, 6) is 0.0357. The predicted molar refractivity (Wildman–Crippen MR) is 83.9 cm³/mol. The largest absolute Gasteiger partial charge is 0.316 e. The molecule has 0 atom stereocenters. The summed E-state index contributed by atoms with van der Waals surface area (Å²) in [6.45, 7) is 9.10. The van der Waals surface area contributed by atoms with Crippen LogP contribution in [0.3, 0.4) is 0 Å². The summed E-state index contributed by atoms with van der Waals surface area (Å²) in [4.78, 5) is 0. The Kier molecular flexibility index (Phi) is 6.39. The fourth-order valence-corrected chi connectivity index (χ4v) is 3.57. The second-order valence-electron chi connectivity index (χ2n) is 4.99. The van der Waals surface area contributed by atoms with E-state index in [1.54, 1.807) is 0 Å². The molecule has 0 unspecified atom stereocenters. The van der Waals surface area contributed by atoms with Crippen LogP contribution in [0, 0.1) is 0 Å². The highest BCUT2D eigenvalue weighted by Gasteiger charge is 2.20. The number of hydrogen-bond donors (Lipinski definition) is 1. The zero-order chi connectivity index (χ0) is 15.2. The van der Waals surface area contributed by atoms with E-state index in [1.807, 2.05) is 45.2 Å². The molecular weight excluding hydrogens is 272 g/mol. The molecule has 1 aromatic rings. The van der Waals surface area contributed by atoms with Gasteiger partial charge in [-0.3, -0.25) is 0 Å². The van der Waals surface area contributed by atoms with Gasteiger partial charge in [0.25, 0.3) is 0 Å². The number of nitrogens with zero attached hydrogens (tertiary/aromatic N) is 1. The summed E-state index contributed by atoms with van der Waals surface area (Å²) in [6, 6.07) is 7.66. The van der Waals surface area contributed by atoms with Crippen molar-refractivity contribution < 1.29 is 8.42 Å². The summed E-state index contributed by atoms with van der Waals surface area (Å²) >= 11 is 0. The summed E-state index contributed by atoms with van der Waals surface area (Å²) in [5.41, 5.74) is 2.80. The molecule has 112 valence electrons. The van der Waals surface area contributed by atoms with Gasteiger partial charge in [0.15, 0.2) is 0 Å². The van der Waals surface area contributed by atoms with Crippen LogP contribution in [-0.4, -0.2) is 32.9 Å². The first-order chi connectivity index (χ1) is 9.39. The van der Waals surface area contributed by atoms with E-state index in [9.17, 15) is 8.42 Å². The lowest BCUT2D eigenvalue weighted by atomic mass is 10.1. The molecule has 5 heteroatoms. The van der Waals surface area contributed by atoms with Gasteiger partial charge in [-0.25, -0.2) is 8.42 Å². The van der Waals surface area contributed by atoms with Gasteiger partial charge in [-0.2, -0.15) is 4.31 Å². The highest BCUT2D eigenvalue weighted by molar-refractivity contribution is 7.88. The van der Waals surface area contributed by atoms with Crippen LogP contribution in [0.1, 0.15) is 25.0 Å². The van der Waals surface area contributed by atoms with Gasteiger partial charge in [0, 0.05) is 19.6 Å². The first-order valence-electron chi connectivity index (χ1n) is 6.73. The van der Waals surface area contributed by atoms with Crippen LogP contribution < -0.4 is 5.32 Å². The molecule has 0 spiro atoms. The molecule has 0 radical (unpaired) electrons. The van der Waals surface area contributed by atoms with Gasteiger partial charge < -0.3 is 5.32 Å². The molecule has 1 aromatic carbocycles. The van der Waals surface area contributed by atoms with Gasteiger partial charge in [0.2, 0.25) is 10.0 Å². The van der Waals surface area contributed by atoms with Crippen LogP contribution in [0.5, 0.6) is 0 Å². The second kappa shape index (κ2) is 7.57. The third-order valence-electron chi connectivity index (χ3n) is 2.95. The lowest BCUT2D eigenvalue weighted by Crippen LogP contribution is -2.33. The molecule has 0 aliphatic carbocycles. The summed E-state index contributed by atoms with van der Waals surface area (Å²) in [7, 11) is -1.40. The molecule has 0 saturated heterocycles. The monoisotopic (exact) mass is 296 g/mol. The minimum Gasteiger partial charge on any atom is -0.316 e. The molecule has 1 N–H and O–H groups in total. The van der Waals surface area contributed by atoms with Crippen LogP contribution in [-0.2, 0) is 22.3 Å². The Labute approximate surface area is 122 Å². The zero-order valence-electron chi connectivity index (χ0n) is 12.5. The van der Waals surface area contributed by atoms with Crippen LogP contribution in [0.15, 0.2) is 36.4 Å². The van der Waals surface area contributed by atoms with Crippen LogP contribution >= 0.6 is 0 Å². The number of benzene rings is 1. The van der Waals surface area contributed by atoms with E-state index in [0.717, 1.165) is 23.2 Å². The maximum atomic E-state index is 12.3. The fraction of sp³-hybridized carbons (Fsp3) is 0.467. The molecule has 20 heavy (non-hydrogen) atoms. The van der Waals surface area contributed by atoms with Crippen LogP contribution in [0.25, 0.3) is 0 Å². The van der Waals surface area contributed by atoms with E-state index in [-0.39, 0.29) is 5.75 Å². The lowest BCUT2D eigenvalue weighted by Gasteiger charge is -2.20. The molecule has 0 amide bonds. The Morgan fingerprint density at radius 3 is 2.25 bits per heavy atom. The minimum atomic E-state index is -3.29. The van der Waals surface area contributed by atoms with Crippen molar-refractivity contribution in [3.05, 3.63) is 47.5 Å². The van der Waals surface area contributed by atoms with E-state index >= 15 is 0 Å². The van der Waals surface area contributed by atoms with Crippen LogP contribution in [0.4, 0.5) is 0 Å². The molecule has 0 saturated carbocycles. The van der Waals surface area contributed by atoms with Crippen molar-refractivity contribution in [3.8, 4) is 0 Å². The van der Waals surface area contributed by atoms with Crippen molar-refractivity contribution in [2.75, 3.05) is 20.1 Å². The van der Waals surface area contributed by atoms with Crippen molar-refractivity contribution in [2.45, 2.75) is 26.1 Å². The Balaban J connectivity index is 2.81. The van der Waals surface area contributed by atoms with Gasteiger partial charge in [-0.1, -0.05) is 43.3 Å². The lowest BCUT2D eigenvalue weighted by molar-refractivity contribution is 0.452. The van der Waals surface area contributed by atoms with E-state index in [4.69, 9.17) is 0 Å². The first kappa shape index (κ1) is 16.9. The average Bonchev–Trinajstić information content (AvgIpc) is 2.38. The first-order valence-corrected chi connectivity index (χ1v) is 8.34. The third kappa shape index (κ3) is 5.07. The van der Waals surface area contributed by atoms with Crippen molar-refractivity contribution >= 4 is 10.0 Å². The van der Waals surface area contributed by atoms with E-state index in [1.165, 1.54) is 4.31 Å². The zero-order valence-corrected chi connectivity index (χ0v) is 13.3. The summed E-state index contributed by atoms with van der Waals surface area (Å²) < 4.78 is 26.2. The quantitative estimate of drug-likeness (QED) is 0.748. The molecule has 0 fully saturated rings. The van der Waals surface area contributed by atoms with Gasteiger partial charge in [0.05, 0.1) is 5.75 Å². The molecule has 0 aromatic heterocycles. The smallest absolute Gasteiger partial charge is 0.218 e. The average molecular weight is 296 g/mol. The number of hydrogen-bond acceptors (Lipinski definition) is 3. The predicted octanol–water partition coefficient (Wildman–Crippen LogP) is 2.13. The highest BCUT2D eigenvalue weighted by atomic mass is 32.2. The number of nitrogens with one attached hydrogen (secondary N) is 1. The molecule has 0 aliphatic rings. The van der Waals surface area contributed by atoms with E-state index in [0.29, 0.717) is 13.1 Å². The number of rotatable bonds is 8. The van der Waals surface area contributed by atoms with Crippen LogP contribution in [0.2, 0.25) is 0 Å². The fourth-order valence-electron chi connectivity index (χ4n) is 1.97. The number of sulfonamides is 1. The number of likely N-dealkylation sites (N-methyl/N-ethyl adjacent to an activating group) is 1. The van der Waals surface area contributed by atoms with Gasteiger partial charge >= 0.3 is 0 Å². The minimum absolute atomic E-state index is 0.0357. The maximum absolute atomic E-state index is 12.3. The Morgan fingerprint density at radius 2 is 1.80 bits per heavy atom. The van der Waals surface area contributed by atoms with Crippen molar-refractivity contribution in [1.82, 2.24) is 9.62 Å². The molecular formula is C15H24N2O2S. The SMILES string of the molecule is C=C(C)CN(CC)S(=O)(=O)Cc1ccc(CNC)cc1. The summed E-state index contributed by atoms with van der Waals surface area (Å²) in [5, 5.41) is 3.06. The van der Waals surface area contributed by atoms with E-state index < -0.39 is 10.0 Å².